The fourth-order valence-corrected chi connectivity index (χ4v) is 5.46. The second-order valence-corrected chi connectivity index (χ2v) is 9.55. The predicted molar refractivity (Wildman–Crippen MR) is 110 cm³/mol. The number of aryl methyl sites for hydroxylation is 2. The first-order valence-electron chi connectivity index (χ1n) is 8.73. The standard InChI is InChI=1S/C20H23N3OS2/c1-11-5-6-13(12(2)7-11)10-25-19-22-17(21)16-14-8-20(3,4)24-9-15(14)26-18(16)23-19/h5-7H,8-10H2,1-4H3,(H2,21,22,23). The molecule has 1 aromatic carbocycles. The van der Waals surface area contributed by atoms with Crippen molar-refractivity contribution in [1.82, 2.24) is 9.97 Å². The van der Waals surface area contributed by atoms with E-state index < -0.39 is 0 Å². The molecule has 0 saturated carbocycles. The van der Waals surface area contributed by atoms with Crippen molar-refractivity contribution in [1.29, 1.82) is 0 Å². The monoisotopic (exact) mass is 385 g/mol. The number of thioether (sulfide) groups is 1. The van der Waals surface area contributed by atoms with Crippen LogP contribution in [0, 0.1) is 13.8 Å². The molecule has 0 atom stereocenters. The van der Waals surface area contributed by atoms with E-state index in [-0.39, 0.29) is 5.60 Å². The number of anilines is 1. The molecule has 2 N–H and O–H groups in total. The van der Waals surface area contributed by atoms with Gasteiger partial charge in [0.15, 0.2) is 5.16 Å². The van der Waals surface area contributed by atoms with Gasteiger partial charge in [-0.05, 0) is 44.4 Å². The largest absolute Gasteiger partial charge is 0.383 e. The average molecular weight is 386 g/mol. The number of thiophene rings is 1. The fraction of sp³-hybridized carbons (Fsp3) is 0.400. The number of rotatable bonds is 3. The minimum absolute atomic E-state index is 0.163. The van der Waals surface area contributed by atoms with Crippen LogP contribution in [0.4, 0.5) is 5.82 Å². The minimum atomic E-state index is -0.163. The molecule has 6 heteroatoms. The Morgan fingerprint density at radius 2 is 2.08 bits per heavy atom. The zero-order valence-electron chi connectivity index (χ0n) is 15.5. The van der Waals surface area contributed by atoms with E-state index in [1.807, 2.05) is 0 Å². The van der Waals surface area contributed by atoms with Crippen LogP contribution in [0.1, 0.15) is 41.0 Å². The lowest BCUT2D eigenvalue weighted by molar-refractivity contribution is -0.0379. The van der Waals surface area contributed by atoms with Crippen molar-refractivity contribution < 1.29 is 4.74 Å². The van der Waals surface area contributed by atoms with Crippen molar-refractivity contribution >= 4 is 39.1 Å². The molecule has 0 unspecified atom stereocenters. The summed E-state index contributed by atoms with van der Waals surface area (Å²) >= 11 is 3.33. The van der Waals surface area contributed by atoms with Gasteiger partial charge in [0, 0.05) is 17.1 Å². The molecule has 26 heavy (non-hydrogen) atoms. The van der Waals surface area contributed by atoms with Gasteiger partial charge in [0.1, 0.15) is 10.6 Å². The highest BCUT2D eigenvalue weighted by molar-refractivity contribution is 7.98. The summed E-state index contributed by atoms with van der Waals surface area (Å²) in [5.74, 6) is 1.44. The van der Waals surface area contributed by atoms with Crippen LogP contribution in [0.15, 0.2) is 23.4 Å². The van der Waals surface area contributed by atoms with Gasteiger partial charge in [0.05, 0.1) is 17.6 Å². The molecule has 0 aliphatic carbocycles. The third-order valence-corrected chi connectivity index (χ3v) is 6.79. The molecule has 1 aliphatic rings. The Morgan fingerprint density at radius 1 is 1.27 bits per heavy atom. The molecule has 136 valence electrons. The second-order valence-electron chi connectivity index (χ2n) is 7.52. The summed E-state index contributed by atoms with van der Waals surface area (Å²) in [6.45, 7) is 9.13. The maximum Gasteiger partial charge on any atom is 0.191 e. The summed E-state index contributed by atoms with van der Waals surface area (Å²) in [6.07, 6.45) is 0.852. The third kappa shape index (κ3) is 3.33. The lowest BCUT2D eigenvalue weighted by Gasteiger charge is -2.30. The fourth-order valence-electron chi connectivity index (χ4n) is 3.37. The number of nitrogens with two attached hydrogens (primary N) is 1. The highest BCUT2D eigenvalue weighted by atomic mass is 32.2. The molecule has 0 fully saturated rings. The van der Waals surface area contributed by atoms with Crippen LogP contribution in [-0.4, -0.2) is 15.6 Å². The Hall–Kier alpha value is -1.63. The molecule has 0 saturated heterocycles. The van der Waals surface area contributed by atoms with Crippen molar-refractivity contribution in [3.8, 4) is 0 Å². The molecule has 0 amide bonds. The second kappa shape index (κ2) is 6.51. The number of hydrogen-bond acceptors (Lipinski definition) is 6. The number of ether oxygens (including phenoxy) is 1. The van der Waals surface area contributed by atoms with Crippen molar-refractivity contribution in [3.63, 3.8) is 0 Å². The molecule has 4 rings (SSSR count). The topological polar surface area (TPSA) is 61.0 Å². The smallest absolute Gasteiger partial charge is 0.191 e. The summed E-state index contributed by atoms with van der Waals surface area (Å²) in [5, 5.41) is 1.77. The Balaban J connectivity index is 1.64. The third-order valence-electron chi connectivity index (χ3n) is 4.79. The number of hydrogen-bond donors (Lipinski definition) is 1. The van der Waals surface area contributed by atoms with E-state index >= 15 is 0 Å². The number of aromatic nitrogens is 2. The van der Waals surface area contributed by atoms with Crippen molar-refractivity contribution in [2.24, 2.45) is 0 Å². The molecular formula is C20H23N3OS2. The van der Waals surface area contributed by atoms with Crippen LogP contribution in [-0.2, 0) is 23.5 Å². The summed E-state index contributed by atoms with van der Waals surface area (Å²) in [7, 11) is 0. The molecule has 0 spiro atoms. The Morgan fingerprint density at radius 3 is 2.85 bits per heavy atom. The van der Waals surface area contributed by atoms with E-state index in [0.717, 1.165) is 27.5 Å². The van der Waals surface area contributed by atoms with Gasteiger partial charge in [-0.25, -0.2) is 9.97 Å². The van der Waals surface area contributed by atoms with E-state index in [2.05, 4.69) is 50.9 Å². The van der Waals surface area contributed by atoms with Crippen LogP contribution in [0.5, 0.6) is 0 Å². The highest BCUT2D eigenvalue weighted by Gasteiger charge is 2.30. The molecule has 4 nitrogen and oxygen atoms in total. The molecule has 0 radical (unpaired) electrons. The Labute approximate surface area is 162 Å². The summed E-state index contributed by atoms with van der Waals surface area (Å²) in [4.78, 5) is 11.6. The molecular weight excluding hydrogens is 362 g/mol. The maximum atomic E-state index is 6.33. The average Bonchev–Trinajstić information content (AvgIpc) is 2.91. The maximum absolute atomic E-state index is 6.33. The molecule has 3 heterocycles. The first-order chi connectivity index (χ1) is 12.3. The number of nitrogens with zero attached hydrogens (tertiary/aromatic N) is 2. The summed E-state index contributed by atoms with van der Waals surface area (Å²) in [5.41, 5.74) is 11.3. The van der Waals surface area contributed by atoms with Gasteiger partial charge in [-0.1, -0.05) is 35.5 Å². The lowest BCUT2D eigenvalue weighted by atomic mass is 9.94. The molecule has 3 aromatic rings. The van der Waals surface area contributed by atoms with Crippen LogP contribution >= 0.6 is 23.1 Å². The van der Waals surface area contributed by atoms with Crippen LogP contribution in [0.25, 0.3) is 10.2 Å². The summed E-state index contributed by atoms with van der Waals surface area (Å²) < 4.78 is 5.94. The van der Waals surface area contributed by atoms with E-state index in [1.165, 1.54) is 27.1 Å². The van der Waals surface area contributed by atoms with Gasteiger partial charge in [-0.2, -0.15) is 0 Å². The zero-order chi connectivity index (χ0) is 18.5. The van der Waals surface area contributed by atoms with E-state index in [9.17, 15) is 0 Å². The van der Waals surface area contributed by atoms with Crippen molar-refractivity contribution in [2.45, 2.75) is 57.2 Å². The molecule has 2 aromatic heterocycles. The molecule has 0 bridgehead atoms. The minimum Gasteiger partial charge on any atom is -0.383 e. The Bertz CT molecular complexity index is 994. The van der Waals surface area contributed by atoms with E-state index in [4.69, 9.17) is 15.5 Å². The van der Waals surface area contributed by atoms with Crippen molar-refractivity contribution in [2.75, 3.05) is 5.73 Å². The predicted octanol–water partition coefficient (Wildman–Crippen LogP) is 5.03. The van der Waals surface area contributed by atoms with Crippen molar-refractivity contribution in [3.05, 3.63) is 45.3 Å². The highest BCUT2D eigenvalue weighted by Crippen LogP contribution is 2.40. The first-order valence-corrected chi connectivity index (χ1v) is 10.5. The van der Waals surface area contributed by atoms with Crippen LogP contribution in [0.3, 0.4) is 0 Å². The molecule has 1 aliphatic heterocycles. The van der Waals surface area contributed by atoms with Crippen LogP contribution in [0.2, 0.25) is 0 Å². The normalized spacial score (nSPS) is 16.0. The Kier molecular flexibility index (Phi) is 4.45. The lowest BCUT2D eigenvalue weighted by Crippen LogP contribution is -2.31. The summed E-state index contributed by atoms with van der Waals surface area (Å²) in [6, 6.07) is 6.54. The van der Waals surface area contributed by atoms with E-state index in [1.54, 1.807) is 23.1 Å². The first kappa shape index (κ1) is 17.8. The van der Waals surface area contributed by atoms with Gasteiger partial charge < -0.3 is 10.5 Å². The quantitative estimate of drug-likeness (QED) is 0.506. The number of nitrogen functional groups attached to an aromatic ring is 1. The van der Waals surface area contributed by atoms with Gasteiger partial charge in [-0.3, -0.25) is 0 Å². The van der Waals surface area contributed by atoms with Gasteiger partial charge >= 0.3 is 0 Å². The number of fused-ring (bicyclic) bond motifs is 3. The SMILES string of the molecule is Cc1ccc(CSc2nc(N)c3c4c(sc3n2)COC(C)(C)C4)c(C)c1. The van der Waals surface area contributed by atoms with Gasteiger partial charge in [0.25, 0.3) is 0 Å². The zero-order valence-corrected chi connectivity index (χ0v) is 17.2. The van der Waals surface area contributed by atoms with Crippen LogP contribution < -0.4 is 5.73 Å². The van der Waals surface area contributed by atoms with Gasteiger partial charge in [-0.15, -0.1) is 11.3 Å². The van der Waals surface area contributed by atoms with Gasteiger partial charge in [0.2, 0.25) is 0 Å². The van der Waals surface area contributed by atoms with E-state index in [0.29, 0.717) is 12.4 Å². The number of benzene rings is 1.